The summed E-state index contributed by atoms with van der Waals surface area (Å²) in [5, 5.41) is 6.37. The molecule has 0 aliphatic heterocycles. The maximum Gasteiger partial charge on any atom is 0.416 e. The molecule has 0 aliphatic carbocycles. The SMILES string of the molecule is O=C(N/N=C/c1ccc(OCc2ccccc2Cl)cc1)C(=O)Nc1cccc(C(F)(F)F)c1. The van der Waals surface area contributed by atoms with Gasteiger partial charge in [-0.05, 0) is 54.1 Å². The predicted octanol–water partition coefficient (Wildman–Crippen LogP) is 5.03. The Morgan fingerprint density at radius 1 is 0.970 bits per heavy atom. The standard InChI is InChI=1S/C23H17ClF3N3O3/c24-20-7-2-1-4-16(20)14-33-19-10-8-15(9-11-19)13-28-30-22(32)21(31)29-18-6-3-5-17(12-18)23(25,26)27/h1-13H,14H2,(H,29,31)(H,30,32)/b28-13+. The van der Waals surface area contributed by atoms with Crippen LogP contribution in [0.25, 0.3) is 0 Å². The molecule has 0 aromatic heterocycles. The molecule has 0 bridgehead atoms. The normalized spacial score (nSPS) is 11.3. The Morgan fingerprint density at radius 3 is 2.39 bits per heavy atom. The van der Waals surface area contributed by atoms with Crippen molar-refractivity contribution in [3.63, 3.8) is 0 Å². The topological polar surface area (TPSA) is 79.8 Å². The molecule has 10 heteroatoms. The quantitative estimate of drug-likeness (QED) is 0.298. The van der Waals surface area contributed by atoms with Crippen LogP contribution in [0.4, 0.5) is 18.9 Å². The first-order valence-electron chi connectivity index (χ1n) is 9.50. The number of carbonyl (C=O) groups excluding carboxylic acids is 2. The van der Waals surface area contributed by atoms with E-state index in [4.69, 9.17) is 16.3 Å². The van der Waals surface area contributed by atoms with E-state index in [1.165, 1.54) is 12.3 Å². The number of nitrogens with zero attached hydrogens (tertiary/aromatic N) is 1. The third-order valence-electron chi connectivity index (χ3n) is 4.27. The van der Waals surface area contributed by atoms with Crippen LogP contribution in [0.5, 0.6) is 5.75 Å². The molecule has 0 atom stereocenters. The molecule has 0 fully saturated rings. The second-order valence-electron chi connectivity index (χ2n) is 6.68. The molecular weight excluding hydrogens is 459 g/mol. The van der Waals surface area contributed by atoms with Crippen molar-refractivity contribution in [3.05, 3.63) is 94.5 Å². The number of ether oxygens (including phenoxy) is 1. The maximum absolute atomic E-state index is 12.7. The summed E-state index contributed by atoms with van der Waals surface area (Å²) < 4.78 is 43.9. The Hall–Kier alpha value is -3.85. The Morgan fingerprint density at radius 2 is 1.70 bits per heavy atom. The highest BCUT2D eigenvalue weighted by Gasteiger charge is 2.30. The first-order chi connectivity index (χ1) is 15.7. The molecule has 2 amide bonds. The third-order valence-corrected chi connectivity index (χ3v) is 4.63. The minimum Gasteiger partial charge on any atom is -0.489 e. The van der Waals surface area contributed by atoms with Crippen LogP contribution in [0.3, 0.4) is 0 Å². The van der Waals surface area contributed by atoms with Gasteiger partial charge in [0.1, 0.15) is 12.4 Å². The summed E-state index contributed by atoms with van der Waals surface area (Å²) in [7, 11) is 0. The fraction of sp³-hybridized carbons (Fsp3) is 0.0870. The number of hydrogen-bond acceptors (Lipinski definition) is 4. The van der Waals surface area contributed by atoms with Gasteiger partial charge in [-0.25, -0.2) is 5.43 Å². The first-order valence-corrected chi connectivity index (χ1v) is 9.88. The van der Waals surface area contributed by atoms with Crippen molar-refractivity contribution in [2.75, 3.05) is 5.32 Å². The Balaban J connectivity index is 1.49. The Kier molecular flexibility index (Phi) is 7.68. The van der Waals surface area contributed by atoms with Crippen molar-refractivity contribution in [2.24, 2.45) is 5.10 Å². The molecule has 33 heavy (non-hydrogen) atoms. The van der Waals surface area contributed by atoms with E-state index in [0.717, 1.165) is 23.8 Å². The molecule has 170 valence electrons. The average molecular weight is 476 g/mol. The molecule has 2 N–H and O–H groups in total. The van der Waals surface area contributed by atoms with Crippen LogP contribution < -0.4 is 15.5 Å². The second-order valence-corrected chi connectivity index (χ2v) is 7.09. The van der Waals surface area contributed by atoms with E-state index in [1.807, 2.05) is 23.6 Å². The summed E-state index contributed by atoms with van der Waals surface area (Å²) >= 11 is 6.09. The minimum absolute atomic E-state index is 0.165. The van der Waals surface area contributed by atoms with Gasteiger partial charge in [0.2, 0.25) is 0 Å². The minimum atomic E-state index is -4.57. The summed E-state index contributed by atoms with van der Waals surface area (Å²) in [6, 6.07) is 18.0. The van der Waals surface area contributed by atoms with E-state index in [0.29, 0.717) is 22.9 Å². The number of amides is 2. The molecule has 3 aromatic carbocycles. The fourth-order valence-corrected chi connectivity index (χ4v) is 2.79. The molecule has 3 aromatic rings. The molecule has 0 saturated heterocycles. The van der Waals surface area contributed by atoms with Gasteiger partial charge in [-0.3, -0.25) is 9.59 Å². The average Bonchev–Trinajstić information content (AvgIpc) is 2.79. The maximum atomic E-state index is 12.7. The lowest BCUT2D eigenvalue weighted by molar-refractivity contribution is -0.137. The molecular formula is C23H17ClF3N3O3. The lowest BCUT2D eigenvalue weighted by Crippen LogP contribution is -2.32. The van der Waals surface area contributed by atoms with Crippen molar-refractivity contribution in [2.45, 2.75) is 12.8 Å². The van der Waals surface area contributed by atoms with Crippen molar-refractivity contribution in [1.82, 2.24) is 5.43 Å². The molecule has 0 spiro atoms. The van der Waals surface area contributed by atoms with Crippen molar-refractivity contribution < 1.29 is 27.5 Å². The van der Waals surface area contributed by atoms with Gasteiger partial charge in [-0.2, -0.15) is 18.3 Å². The number of alkyl halides is 3. The lowest BCUT2D eigenvalue weighted by atomic mass is 10.2. The first kappa shape index (κ1) is 23.8. The number of nitrogens with one attached hydrogen (secondary N) is 2. The van der Waals surface area contributed by atoms with Crippen LogP contribution in [0, 0.1) is 0 Å². The highest BCUT2D eigenvalue weighted by molar-refractivity contribution is 6.39. The molecule has 0 saturated carbocycles. The highest BCUT2D eigenvalue weighted by Crippen LogP contribution is 2.30. The van der Waals surface area contributed by atoms with Crippen LogP contribution in [-0.2, 0) is 22.4 Å². The van der Waals surface area contributed by atoms with E-state index in [1.54, 1.807) is 30.3 Å². The van der Waals surface area contributed by atoms with E-state index in [-0.39, 0.29) is 5.69 Å². The summed E-state index contributed by atoms with van der Waals surface area (Å²) in [6.07, 6.45) is -3.27. The fourth-order valence-electron chi connectivity index (χ4n) is 2.60. The van der Waals surface area contributed by atoms with Gasteiger partial charge in [0.15, 0.2) is 0 Å². The number of hydrazone groups is 1. The van der Waals surface area contributed by atoms with Crippen LogP contribution in [0.15, 0.2) is 77.9 Å². The summed E-state index contributed by atoms with van der Waals surface area (Å²) in [6.45, 7) is 0.296. The Labute approximate surface area is 192 Å². The van der Waals surface area contributed by atoms with E-state index in [2.05, 4.69) is 10.4 Å². The van der Waals surface area contributed by atoms with Gasteiger partial charge in [0.05, 0.1) is 11.8 Å². The zero-order chi connectivity index (χ0) is 23.8. The number of benzene rings is 3. The number of anilines is 1. The van der Waals surface area contributed by atoms with Crippen molar-refractivity contribution >= 4 is 35.3 Å². The van der Waals surface area contributed by atoms with E-state index in [9.17, 15) is 22.8 Å². The number of rotatable bonds is 6. The number of halogens is 4. The van der Waals surface area contributed by atoms with Gasteiger partial charge in [-0.1, -0.05) is 35.9 Å². The lowest BCUT2D eigenvalue weighted by Gasteiger charge is -2.09. The number of hydrogen-bond donors (Lipinski definition) is 2. The second kappa shape index (κ2) is 10.6. The van der Waals surface area contributed by atoms with Crippen LogP contribution in [0.1, 0.15) is 16.7 Å². The van der Waals surface area contributed by atoms with E-state index < -0.39 is 23.6 Å². The molecule has 3 rings (SSSR count). The van der Waals surface area contributed by atoms with Gasteiger partial charge in [0, 0.05) is 16.3 Å². The van der Waals surface area contributed by atoms with Gasteiger partial charge in [0.25, 0.3) is 0 Å². The summed E-state index contributed by atoms with van der Waals surface area (Å²) in [5.74, 6) is -1.70. The molecule has 6 nitrogen and oxygen atoms in total. The van der Waals surface area contributed by atoms with Gasteiger partial charge >= 0.3 is 18.0 Å². The molecule has 0 heterocycles. The monoisotopic (exact) mass is 475 g/mol. The molecule has 0 unspecified atom stereocenters. The van der Waals surface area contributed by atoms with Gasteiger partial charge in [-0.15, -0.1) is 0 Å². The highest BCUT2D eigenvalue weighted by atomic mass is 35.5. The number of carbonyl (C=O) groups is 2. The predicted molar refractivity (Wildman–Crippen MR) is 118 cm³/mol. The largest absolute Gasteiger partial charge is 0.489 e. The smallest absolute Gasteiger partial charge is 0.416 e. The van der Waals surface area contributed by atoms with E-state index >= 15 is 0 Å². The molecule has 0 aliphatic rings. The van der Waals surface area contributed by atoms with Crippen LogP contribution in [0.2, 0.25) is 5.02 Å². The zero-order valence-electron chi connectivity index (χ0n) is 16.9. The van der Waals surface area contributed by atoms with Crippen molar-refractivity contribution in [1.29, 1.82) is 0 Å². The van der Waals surface area contributed by atoms with Gasteiger partial charge < -0.3 is 10.1 Å². The van der Waals surface area contributed by atoms with Crippen molar-refractivity contribution in [3.8, 4) is 5.75 Å². The zero-order valence-corrected chi connectivity index (χ0v) is 17.7. The third kappa shape index (κ3) is 7.08. The van der Waals surface area contributed by atoms with Crippen LogP contribution in [-0.4, -0.2) is 18.0 Å². The molecule has 0 radical (unpaired) electrons. The van der Waals surface area contributed by atoms with Crippen LogP contribution >= 0.6 is 11.6 Å². The summed E-state index contributed by atoms with van der Waals surface area (Å²) in [5.41, 5.74) is 2.36. The summed E-state index contributed by atoms with van der Waals surface area (Å²) in [4.78, 5) is 23.7. The Bertz CT molecular complexity index is 1170.